The number of ether oxygens (including phenoxy) is 2. The molecule has 2 rings (SSSR count). The highest BCUT2D eigenvalue weighted by atomic mass is 16.6. The fourth-order valence-corrected chi connectivity index (χ4v) is 3.05. The number of aliphatic carboxylic acids is 1. The molecule has 2 unspecified atom stereocenters. The lowest BCUT2D eigenvalue weighted by molar-refractivity contribution is -0.154. The minimum Gasteiger partial charge on any atom is -0.481 e. The molecule has 0 aromatic rings. The number of carboxylic acid groups (broad SMARTS) is 1. The van der Waals surface area contributed by atoms with Crippen LogP contribution in [0.4, 0.5) is 4.79 Å². The van der Waals surface area contributed by atoms with Crippen molar-refractivity contribution in [1.29, 1.82) is 0 Å². The predicted octanol–water partition coefficient (Wildman–Crippen LogP) is 1.73. The minimum absolute atomic E-state index is 0.371. The lowest BCUT2D eigenvalue weighted by Crippen LogP contribution is -2.47. The number of rotatable bonds is 1. The summed E-state index contributed by atoms with van der Waals surface area (Å²) in [5.41, 5.74) is -0.997. The number of carboxylic acids is 1. The van der Waals surface area contributed by atoms with Gasteiger partial charge in [0.2, 0.25) is 0 Å². The van der Waals surface area contributed by atoms with Gasteiger partial charge in [-0.3, -0.25) is 4.79 Å². The molecule has 0 bridgehead atoms. The molecular formula is C14H23NO5. The maximum atomic E-state index is 12.1. The summed E-state index contributed by atoms with van der Waals surface area (Å²) in [5.74, 6) is -1.23. The lowest BCUT2D eigenvalue weighted by Gasteiger charge is -2.38. The van der Waals surface area contributed by atoms with Gasteiger partial charge in [-0.2, -0.15) is 0 Å². The van der Waals surface area contributed by atoms with Gasteiger partial charge in [-0.15, -0.1) is 0 Å². The zero-order valence-electron chi connectivity index (χ0n) is 12.3. The van der Waals surface area contributed by atoms with Gasteiger partial charge in [-0.1, -0.05) is 0 Å². The van der Waals surface area contributed by atoms with Crippen molar-refractivity contribution in [2.75, 3.05) is 26.3 Å². The Morgan fingerprint density at radius 2 is 2.10 bits per heavy atom. The van der Waals surface area contributed by atoms with Gasteiger partial charge in [-0.05, 0) is 33.6 Å². The predicted molar refractivity (Wildman–Crippen MR) is 71.4 cm³/mol. The van der Waals surface area contributed by atoms with Crippen LogP contribution in [0.15, 0.2) is 0 Å². The van der Waals surface area contributed by atoms with Crippen molar-refractivity contribution >= 4 is 12.1 Å². The Bertz CT molecular complexity index is 403. The SMILES string of the molecule is CC(C)(C)OC(=O)N1CCC2(COCCC2C(=O)O)C1. The quantitative estimate of drug-likeness (QED) is 0.794. The highest BCUT2D eigenvalue weighted by Crippen LogP contribution is 2.43. The average molecular weight is 285 g/mol. The molecule has 20 heavy (non-hydrogen) atoms. The second-order valence-corrected chi connectivity index (χ2v) is 6.75. The molecule has 114 valence electrons. The van der Waals surface area contributed by atoms with E-state index in [9.17, 15) is 14.7 Å². The maximum Gasteiger partial charge on any atom is 0.410 e. The molecule has 2 aliphatic heterocycles. The molecule has 0 saturated carbocycles. The van der Waals surface area contributed by atoms with Crippen LogP contribution >= 0.6 is 0 Å². The van der Waals surface area contributed by atoms with Crippen LogP contribution in [0, 0.1) is 11.3 Å². The summed E-state index contributed by atoms with van der Waals surface area (Å²) in [6.07, 6.45) is 0.796. The normalized spacial score (nSPS) is 30.6. The molecule has 2 saturated heterocycles. The fraction of sp³-hybridized carbons (Fsp3) is 0.857. The number of likely N-dealkylation sites (tertiary alicyclic amines) is 1. The first kappa shape index (κ1) is 15.1. The Morgan fingerprint density at radius 1 is 1.40 bits per heavy atom. The molecule has 6 nitrogen and oxygen atoms in total. The van der Waals surface area contributed by atoms with E-state index < -0.39 is 22.9 Å². The van der Waals surface area contributed by atoms with Gasteiger partial charge in [0.15, 0.2) is 0 Å². The van der Waals surface area contributed by atoms with Crippen molar-refractivity contribution < 1.29 is 24.2 Å². The van der Waals surface area contributed by atoms with E-state index in [0.717, 1.165) is 0 Å². The van der Waals surface area contributed by atoms with Crippen LogP contribution in [0.1, 0.15) is 33.6 Å². The molecule has 0 aliphatic carbocycles. The third kappa shape index (κ3) is 3.06. The minimum atomic E-state index is -0.792. The van der Waals surface area contributed by atoms with Crippen molar-refractivity contribution in [2.24, 2.45) is 11.3 Å². The van der Waals surface area contributed by atoms with E-state index in [1.54, 1.807) is 4.90 Å². The summed E-state index contributed by atoms with van der Waals surface area (Å²) >= 11 is 0. The first-order valence-electron chi connectivity index (χ1n) is 7.02. The average Bonchev–Trinajstić information content (AvgIpc) is 2.72. The van der Waals surface area contributed by atoms with Gasteiger partial charge >= 0.3 is 12.1 Å². The Labute approximate surface area is 119 Å². The van der Waals surface area contributed by atoms with Crippen LogP contribution in [0.25, 0.3) is 0 Å². The van der Waals surface area contributed by atoms with Crippen molar-refractivity contribution in [3.8, 4) is 0 Å². The van der Waals surface area contributed by atoms with E-state index >= 15 is 0 Å². The first-order chi connectivity index (χ1) is 9.23. The van der Waals surface area contributed by atoms with Crippen molar-refractivity contribution in [3.05, 3.63) is 0 Å². The summed E-state index contributed by atoms with van der Waals surface area (Å²) in [4.78, 5) is 25.1. The van der Waals surface area contributed by atoms with E-state index in [2.05, 4.69) is 0 Å². The zero-order chi connectivity index (χ0) is 15.0. The van der Waals surface area contributed by atoms with Crippen LogP contribution in [-0.4, -0.2) is 54.0 Å². The van der Waals surface area contributed by atoms with Gasteiger partial charge in [0.25, 0.3) is 0 Å². The Balaban J connectivity index is 2.06. The molecule has 2 fully saturated rings. The number of carbonyl (C=O) groups excluding carboxylic acids is 1. The second-order valence-electron chi connectivity index (χ2n) is 6.75. The van der Waals surface area contributed by atoms with E-state index in [0.29, 0.717) is 39.1 Å². The standard InChI is InChI=1S/C14H23NO5/c1-13(2,3)20-12(18)15-6-5-14(8-15)9-19-7-4-10(14)11(16)17/h10H,4-9H2,1-3H3,(H,16,17). The molecule has 0 radical (unpaired) electrons. The largest absolute Gasteiger partial charge is 0.481 e. The molecule has 2 heterocycles. The molecule has 2 atom stereocenters. The highest BCUT2D eigenvalue weighted by Gasteiger charge is 2.51. The highest BCUT2D eigenvalue weighted by molar-refractivity contribution is 5.72. The molecular weight excluding hydrogens is 262 g/mol. The summed E-state index contributed by atoms with van der Waals surface area (Å²) in [7, 11) is 0. The molecule has 1 amide bonds. The summed E-state index contributed by atoms with van der Waals surface area (Å²) in [6.45, 7) is 7.27. The van der Waals surface area contributed by atoms with Gasteiger partial charge < -0.3 is 19.5 Å². The van der Waals surface area contributed by atoms with Crippen LogP contribution in [0.3, 0.4) is 0 Å². The molecule has 1 spiro atoms. The number of carbonyl (C=O) groups is 2. The van der Waals surface area contributed by atoms with Gasteiger partial charge in [-0.25, -0.2) is 4.79 Å². The number of hydrogen-bond donors (Lipinski definition) is 1. The van der Waals surface area contributed by atoms with Crippen LogP contribution in [0.2, 0.25) is 0 Å². The summed E-state index contributed by atoms with van der Waals surface area (Å²) in [6, 6.07) is 0. The molecule has 0 aromatic heterocycles. The second kappa shape index (κ2) is 5.24. The van der Waals surface area contributed by atoms with Crippen molar-refractivity contribution in [2.45, 2.75) is 39.2 Å². The Kier molecular flexibility index (Phi) is 3.95. The Hall–Kier alpha value is -1.30. The maximum absolute atomic E-state index is 12.1. The summed E-state index contributed by atoms with van der Waals surface area (Å²) < 4.78 is 10.8. The molecule has 2 aliphatic rings. The monoisotopic (exact) mass is 285 g/mol. The van der Waals surface area contributed by atoms with E-state index in [-0.39, 0.29) is 6.09 Å². The van der Waals surface area contributed by atoms with E-state index in [1.807, 2.05) is 20.8 Å². The zero-order valence-corrected chi connectivity index (χ0v) is 12.3. The smallest absolute Gasteiger partial charge is 0.410 e. The van der Waals surface area contributed by atoms with Gasteiger partial charge in [0, 0.05) is 25.1 Å². The number of nitrogens with zero attached hydrogens (tertiary/aromatic N) is 1. The van der Waals surface area contributed by atoms with Crippen LogP contribution in [0.5, 0.6) is 0 Å². The summed E-state index contributed by atoms with van der Waals surface area (Å²) in [5, 5.41) is 9.38. The number of hydrogen-bond acceptors (Lipinski definition) is 4. The lowest BCUT2D eigenvalue weighted by atomic mass is 9.72. The van der Waals surface area contributed by atoms with Gasteiger partial charge in [0.05, 0.1) is 12.5 Å². The van der Waals surface area contributed by atoms with Gasteiger partial charge in [0.1, 0.15) is 5.60 Å². The molecule has 1 N–H and O–H groups in total. The third-order valence-electron chi connectivity index (χ3n) is 4.01. The number of amides is 1. The fourth-order valence-electron chi connectivity index (χ4n) is 3.05. The van der Waals surface area contributed by atoms with E-state index in [1.165, 1.54) is 0 Å². The molecule has 0 aromatic carbocycles. The van der Waals surface area contributed by atoms with Crippen LogP contribution in [-0.2, 0) is 14.3 Å². The Morgan fingerprint density at radius 3 is 2.70 bits per heavy atom. The molecule has 6 heteroatoms. The topological polar surface area (TPSA) is 76.1 Å². The first-order valence-corrected chi connectivity index (χ1v) is 7.02. The van der Waals surface area contributed by atoms with E-state index in [4.69, 9.17) is 9.47 Å². The third-order valence-corrected chi connectivity index (χ3v) is 4.01. The van der Waals surface area contributed by atoms with Crippen molar-refractivity contribution in [1.82, 2.24) is 4.90 Å². The van der Waals surface area contributed by atoms with Crippen LogP contribution < -0.4 is 0 Å². The van der Waals surface area contributed by atoms with Crippen molar-refractivity contribution in [3.63, 3.8) is 0 Å².